The Bertz CT molecular complexity index is 149. The van der Waals surface area contributed by atoms with E-state index in [0.717, 1.165) is 12.0 Å². The van der Waals surface area contributed by atoms with E-state index < -0.39 is 0 Å². The monoisotopic (exact) mass is 212 g/mol. The van der Waals surface area contributed by atoms with Gasteiger partial charge in [0.05, 0.1) is 0 Å². The third-order valence-electron chi connectivity index (χ3n) is 3.99. The van der Waals surface area contributed by atoms with Gasteiger partial charge in [-0.15, -0.1) is 0 Å². The Hall–Kier alpha value is -0.0800. The maximum Gasteiger partial charge on any atom is 0.0104 e. The molecule has 0 bridgehead atoms. The van der Waals surface area contributed by atoms with Crippen LogP contribution in [0.4, 0.5) is 0 Å². The number of rotatable bonds is 7. The van der Waals surface area contributed by atoms with Gasteiger partial charge in [-0.1, -0.05) is 26.7 Å². The molecule has 0 aromatic heterocycles. The molecule has 1 atom stereocenters. The highest BCUT2D eigenvalue weighted by Crippen LogP contribution is 2.28. The number of nitrogens with zero attached hydrogens (tertiary/aromatic N) is 1. The molecule has 1 fully saturated rings. The first-order valence-electron chi connectivity index (χ1n) is 6.71. The van der Waals surface area contributed by atoms with Gasteiger partial charge in [0.2, 0.25) is 0 Å². The van der Waals surface area contributed by atoms with E-state index in [1.165, 1.54) is 51.7 Å². The molecule has 0 heterocycles. The van der Waals surface area contributed by atoms with Gasteiger partial charge >= 0.3 is 0 Å². The molecule has 15 heavy (non-hydrogen) atoms. The lowest BCUT2D eigenvalue weighted by atomic mass is 9.95. The van der Waals surface area contributed by atoms with Crippen LogP contribution in [-0.4, -0.2) is 37.6 Å². The van der Waals surface area contributed by atoms with E-state index in [0.29, 0.717) is 0 Å². The second-order valence-electron chi connectivity index (χ2n) is 4.76. The molecule has 1 N–H and O–H groups in total. The number of hydrogen-bond donors (Lipinski definition) is 1. The lowest BCUT2D eigenvalue weighted by molar-refractivity contribution is 0.258. The van der Waals surface area contributed by atoms with Crippen molar-refractivity contribution in [3.05, 3.63) is 0 Å². The number of nitrogens with one attached hydrogen (secondary N) is 1. The molecule has 0 aliphatic heterocycles. The summed E-state index contributed by atoms with van der Waals surface area (Å²) in [5.74, 6) is 0.950. The Morgan fingerprint density at radius 1 is 1.20 bits per heavy atom. The van der Waals surface area contributed by atoms with Gasteiger partial charge in [0.15, 0.2) is 0 Å². The smallest absolute Gasteiger partial charge is 0.0104 e. The summed E-state index contributed by atoms with van der Waals surface area (Å²) in [6.45, 7) is 8.16. The van der Waals surface area contributed by atoms with Crippen LogP contribution in [0, 0.1) is 5.92 Å². The summed E-state index contributed by atoms with van der Waals surface area (Å²) >= 11 is 0. The van der Waals surface area contributed by atoms with E-state index in [4.69, 9.17) is 0 Å². The van der Waals surface area contributed by atoms with Crippen LogP contribution in [0.3, 0.4) is 0 Å². The number of hydrogen-bond acceptors (Lipinski definition) is 2. The second-order valence-corrected chi connectivity index (χ2v) is 4.76. The van der Waals surface area contributed by atoms with E-state index >= 15 is 0 Å². The Balaban J connectivity index is 2.26. The second kappa shape index (κ2) is 7.24. The summed E-state index contributed by atoms with van der Waals surface area (Å²) in [6.07, 6.45) is 7.12. The molecule has 2 nitrogen and oxygen atoms in total. The standard InChI is InChI=1S/C13H28N2/c1-4-15(5-2)11-10-13(14-3)12-8-6-7-9-12/h12-14H,4-11H2,1-3H3. The van der Waals surface area contributed by atoms with Crippen molar-refractivity contribution in [1.29, 1.82) is 0 Å². The van der Waals surface area contributed by atoms with E-state index in [2.05, 4.69) is 31.1 Å². The lowest BCUT2D eigenvalue weighted by Crippen LogP contribution is -2.36. The molecular formula is C13H28N2. The van der Waals surface area contributed by atoms with Crippen LogP contribution in [0.15, 0.2) is 0 Å². The third kappa shape index (κ3) is 4.12. The molecular weight excluding hydrogens is 184 g/mol. The molecule has 0 amide bonds. The van der Waals surface area contributed by atoms with Crippen molar-refractivity contribution in [3.63, 3.8) is 0 Å². The Labute approximate surface area is 95.4 Å². The molecule has 1 saturated carbocycles. The lowest BCUT2D eigenvalue weighted by Gasteiger charge is -2.26. The fourth-order valence-electron chi connectivity index (χ4n) is 2.84. The van der Waals surface area contributed by atoms with Crippen molar-refractivity contribution in [1.82, 2.24) is 10.2 Å². The van der Waals surface area contributed by atoms with Crippen LogP contribution in [0.5, 0.6) is 0 Å². The topological polar surface area (TPSA) is 15.3 Å². The Morgan fingerprint density at radius 2 is 1.80 bits per heavy atom. The van der Waals surface area contributed by atoms with Gasteiger partial charge in [-0.05, 0) is 51.9 Å². The molecule has 1 aliphatic carbocycles. The summed E-state index contributed by atoms with van der Waals surface area (Å²) in [7, 11) is 2.13. The molecule has 90 valence electrons. The summed E-state index contributed by atoms with van der Waals surface area (Å²) < 4.78 is 0. The predicted octanol–water partition coefficient (Wildman–Crippen LogP) is 2.50. The van der Waals surface area contributed by atoms with Crippen molar-refractivity contribution in [2.75, 3.05) is 26.7 Å². The van der Waals surface area contributed by atoms with Gasteiger partial charge in [0, 0.05) is 6.04 Å². The van der Waals surface area contributed by atoms with Crippen LogP contribution < -0.4 is 5.32 Å². The maximum atomic E-state index is 3.52. The average molecular weight is 212 g/mol. The highest BCUT2D eigenvalue weighted by atomic mass is 15.1. The van der Waals surface area contributed by atoms with Gasteiger partial charge in [-0.25, -0.2) is 0 Å². The molecule has 0 aromatic rings. The Kier molecular flexibility index (Phi) is 6.26. The first-order valence-corrected chi connectivity index (χ1v) is 6.71. The molecule has 1 aliphatic rings. The van der Waals surface area contributed by atoms with Gasteiger partial charge in [-0.2, -0.15) is 0 Å². The fourth-order valence-corrected chi connectivity index (χ4v) is 2.84. The third-order valence-corrected chi connectivity index (χ3v) is 3.99. The van der Waals surface area contributed by atoms with Gasteiger partial charge in [0.1, 0.15) is 0 Å². The minimum atomic E-state index is 0.758. The zero-order valence-electron chi connectivity index (χ0n) is 10.8. The van der Waals surface area contributed by atoms with E-state index in [-0.39, 0.29) is 0 Å². The summed E-state index contributed by atoms with van der Waals surface area (Å²) in [6, 6.07) is 0.758. The van der Waals surface area contributed by atoms with Crippen molar-refractivity contribution in [2.24, 2.45) is 5.92 Å². The molecule has 1 rings (SSSR count). The first kappa shape index (κ1) is 13.0. The van der Waals surface area contributed by atoms with Crippen LogP contribution in [0.1, 0.15) is 46.0 Å². The highest BCUT2D eigenvalue weighted by Gasteiger charge is 2.23. The highest BCUT2D eigenvalue weighted by molar-refractivity contribution is 4.80. The van der Waals surface area contributed by atoms with Crippen LogP contribution in [0.2, 0.25) is 0 Å². The fraction of sp³-hybridized carbons (Fsp3) is 1.00. The van der Waals surface area contributed by atoms with Crippen molar-refractivity contribution in [3.8, 4) is 0 Å². The maximum absolute atomic E-state index is 3.52. The molecule has 0 saturated heterocycles. The van der Waals surface area contributed by atoms with Crippen molar-refractivity contribution in [2.45, 2.75) is 52.0 Å². The zero-order valence-corrected chi connectivity index (χ0v) is 10.8. The Morgan fingerprint density at radius 3 is 2.27 bits per heavy atom. The minimum Gasteiger partial charge on any atom is -0.317 e. The van der Waals surface area contributed by atoms with Crippen LogP contribution >= 0.6 is 0 Å². The predicted molar refractivity (Wildman–Crippen MR) is 67.2 cm³/mol. The first-order chi connectivity index (χ1) is 7.31. The van der Waals surface area contributed by atoms with Gasteiger partial charge in [-0.3, -0.25) is 0 Å². The molecule has 2 heteroatoms. The quantitative estimate of drug-likeness (QED) is 0.697. The zero-order chi connectivity index (χ0) is 11.1. The molecule has 0 radical (unpaired) electrons. The summed E-state index contributed by atoms with van der Waals surface area (Å²) in [4.78, 5) is 2.53. The normalized spacial score (nSPS) is 20.0. The minimum absolute atomic E-state index is 0.758. The summed E-state index contributed by atoms with van der Waals surface area (Å²) in [5, 5.41) is 3.52. The molecule has 1 unspecified atom stereocenters. The van der Waals surface area contributed by atoms with Gasteiger partial charge in [0.25, 0.3) is 0 Å². The van der Waals surface area contributed by atoms with E-state index in [9.17, 15) is 0 Å². The molecule has 0 spiro atoms. The SMILES string of the molecule is CCN(CC)CCC(NC)C1CCCC1. The summed E-state index contributed by atoms with van der Waals surface area (Å²) in [5.41, 5.74) is 0. The average Bonchev–Trinajstić information content (AvgIpc) is 2.78. The van der Waals surface area contributed by atoms with Crippen molar-refractivity contribution < 1.29 is 0 Å². The van der Waals surface area contributed by atoms with E-state index in [1.807, 2.05) is 0 Å². The van der Waals surface area contributed by atoms with E-state index in [1.54, 1.807) is 0 Å². The van der Waals surface area contributed by atoms with Crippen molar-refractivity contribution >= 4 is 0 Å². The molecule has 0 aromatic carbocycles. The largest absolute Gasteiger partial charge is 0.317 e. The van der Waals surface area contributed by atoms with Crippen LogP contribution in [-0.2, 0) is 0 Å². The van der Waals surface area contributed by atoms with Gasteiger partial charge < -0.3 is 10.2 Å². The van der Waals surface area contributed by atoms with Crippen LogP contribution in [0.25, 0.3) is 0 Å².